The summed E-state index contributed by atoms with van der Waals surface area (Å²) >= 11 is 0. The molecule has 3 heteroatoms. The second kappa shape index (κ2) is 2.57. The molecule has 2 rings (SSSR count). The van der Waals surface area contributed by atoms with E-state index in [1.165, 1.54) is 6.92 Å². The van der Waals surface area contributed by atoms with Crippen molar-refractivity contribution in [1.29, 1.82) is 0 Å². The Morgan fingerprint density at radius 3 is 2.25 bits per heavy atom. The SMILES string of the molecule is CC(=O)N1CCC1C(=O)C1CC1. The lowest BCUT2D eigenvalue weighted by molar-refractivity contribution is -0.145. The zero-order chi connectivity index (χ0) is 8.72. The zero-order valence-corrected chi connectivity index (χ0v) is 7.25. The van der Waals surface area contributed by atoms with E-state index in [9.17, 15) is 9.59 Å². The number of hydrogen-bond donors (Lipinski definition) is 0. The standard InChI is InChI=1S/C9H13NO2/c1-6(11)10-5-4-8(10)9(12)7-2-3-7/h7-8H,2-5H2,1H3. The summed E-state index contributed by atoms with van der Waals surface area (Å²) in [6, 6.07) is -0.0602. The first kappa shape index (κ1) is 7.77. The largest absolute Gasteiger partial charge is 0.333 e. The number of likely N-dealkylation sites (tertiary alicyclic amines) is 1. The van der Waals surface area contributed by atoms with E-state index < -0.39 is 0 Å². The van der Waals surface area contributed by atoms with Crippen molar-refractivity contribution in [2.24, 2.45) is 5.92 Å². The highest BCUT2D eigenvalue weighted by Crippen LogP contribution is 2.34. The molecule has 66 valence electrons. The molecule has 1 aliphatic carbocycles. The van der Waals surface area contributed by atoms with E-state index in [0.717, 1.165) is 25.8 Å². The van der Waals surface area contributed by atoms with Crippen molar-refractivity contribution >= 4 is 11.7 Å². The van der Waals surface area contributed by atoms with Crippen molar-refractivity contribution in [2.45, 2.75) is 32.2 Å². The molecule has 0 aromatic rings. The minimum absolute atomic E-state index is 0.0419. The number of Topliss-reactive ketones (excluding diaryl/α,β-unsaturated/α-hetero) is 1. The van der Waals surface area contributed by atoms with Gasteiger partial charge in [0.15, 0.2) is 5.78 Å². The number of hydrogen-bond acceptors (Lipinski definition) is 2. The summed E-state index contributed by atoms with van der Waals surface area (Å²) in [6.07, 6.45) is 2.97. The van der Waals surface area contributed by atoms with Crippen LogP contribution >= 0.6 is 0 Å². The van der Waals surface area contributed by atoms with Crippen LogP contribution in [0, 0.1) is 5.92 Å². The molecule has 1 saturated carbocycles. The Morgan fingerprint density at radius 2 is 1.92 bits per heavy atom. The highest BCUT2D eigenvalue weighted by atomic mass is 16.2. The van der Waals surface area contributed by atoms with Crippen LogP contribution < -0.4 is 0 Å². The lowest BCUT2D eigenvalue weighted by atomic mass is 9.96. The Balaban J connectivity index is 1.95. The zero-order valence-electron chi connectivity index (χ0n) is 7.25. The number of ketones is 1. The molecule has 0 bridgehead atoms. The van der Waals surface area contributed by atoms with Gasteiger partial charge >= 0.3 is 0 Å². The molecule has 1 unspecified atom stereocenters. The maximum atomic E-state index is 11.5. The van der Waals surface area contributed by atoms with E-state index in [1.54, 1.807) is 4.90 Å². The van der Waals surface area contributed by atoms with E-state index >= 15 is 0 Å². The first-order chi connectivity index (χ1) is 5.70. The van der Waals surface area contributed by atoms with Crippen molar-refractivity contribution < 1.29 is 9.59 Å². The van der Waals surface area contributed by atoms with Crippen LogP contribution in [0.3, 0.4) is 0 Å². The Morgan fingerprint density at radius 1 is 1.25 bits per heavy atom. The molecule has 0 radical (unpaired) electrons. The van der Waals surface area contributed by atoms with Crippen molar-refractivity contribution in [3.05, 3.63) is 0 Å². The Labute approximate surface area is 71.7 Å². The molecule has 0 aromatic heterocycles. The fraction of sp³-hybridized carbons (Fsp3) is 0.778. The molecule has 3 nitrogen and oxygen atoms in total. The first-order valence-corrected chi connectivity index (χ1v) is 4.51. The molecule has 0 N–H and O–H groups in total. The molecule has 2 aliphatic rings. The highest BCUT2D eigenvalue weighted by molar-refractivity contribution is 5.92. The quantitative estimate of drug-likeness (QED) is 0.603. The van der Waals surface area contributed by atoms with E-state index in [4.69, 9.17) is 0 Å². The first-order valence-electron chi connectivity index (χ1n) is 4.51. The molecule has 1 aliphatic heterocycles. The average Bonchev–Trinajstić information content (AvgIpc) is 2.62. The molecule has 1 saturated heterocycles. The molecule has 0 spiro atoms. The molecule has 12 heavy (non-hydrogen) atoms. The number of carbonyl (C=O) groups excluding carboxylic acids is 2. The lowest BCUT2D eigenvalue weighted by Gasteiger charge is -2.39. The van der Waals surface area contributed by atoms with E-state index in [2.05, 4.69) is 0 Å². The predicted molar refractivity (Wildman–Crippen MR) is 43.5 cm³/mol. The molecular weight excluding hydrogens is 154 g/mol. The van der Waals surface area contributed by atoms with Gasteiger partial charge < -0.3 is 4.90 Å². The van der Waals surface area contributed by atoms with E-state index in [-0.39, 0.29) is 17.9 Å². The fourth-order valence-corrected chi connectivity index (χ4v) is 1.70. The van der Waals surface area contributed by atoms with E-state index in [1.807, 2.05) is 0 Å². The second-order valence-corrected chi connectivity index (χ2v) is 3.69. The summed E-state index contributed by atoms with van der Waals surface area (Å²) in [5.41, 5.74) is 0. The molecule has 2 fully saturated rings. The third-order valence-corrected chi connectivity index (χ3v) is 2.73. The van der Waals surface area contributed by atoms with Gasteiger partial charge in [0.05, 0.1) is 6.04 Å². The fourth-order valence-electron chi connectivity index (χ4n) is 1.70. The van der Waals surface area contributed by atoms with Gasteiger partial charge in [-0.1, -0.05) is 0 Å². The molecule has 0 aromatic carbocycles. The predicted octanol–water partition coefficient (Wildman–Crippen LogP) is 0.586. The minimum Gasteiger partial charge on any atom is -0.333 e. The maximum absolute atomic E-state index is 11.5. The third kappa shape index (κ3) is 1.13. The normalized spacial score (nSPS) is 28.1. The van der Waals surface area contributed by atoms with Crippen LogP contribution in [0.15, 0.2) is 0 Å². The van der Waals surface area contributed by atoms with Gasteiger partial charge in [0.2, 0.25) is 5.91 Å². The smallest absolute Gasteiger partial charge is 0.220 e. The van der Waals surface area contributed by atoms with Crippen LogP contribution in [-0.2, 0) is 9.59 Å². The minimum atomic E-state index is -0.0602. The van der Waals surface area contributed by atoms with Gasteiger partial charge in [0, 0.05) is 19.4 Å². The van der Waals surface area contributed by atoms with Crippen molar-refractivity contribution in [3.63, 3.8) is 0 Å². The van der Waals surface area contributed by atoms with Crippen LogP contribution in [0.2, 0.25) is 0 Å². The Hall–Kier alpha value is -0.860. The van der Waals surface area contributed by atoms with Crippen molar-refractivity contribution in [2.75, 3.05) is 6.54 Å². The summed E-state index contributed by atoms with van der Waals surface area (Å²) in [5, 5.41) is 0. The number of amides is 1. The van der Waals surface area contributed by atoms with Crippen LogP contribution in [0.25, 0.3) is 0 Å². The molecule has 1 heterocycles. The van der Waals surface area contributed by atoms with Gasteiger partial charge in [0.25, 0.3) is 0 Å². The summed E-state index contributed by atoms with van der Waals surface area (Å²) < 4.78 is 0. The maximum Gasteiger partial charge on any atom is 0.220 e. The number of nitrogens with zero attached hydrogens (tertiary/aromatic N) is 1. The van der Waals surface area contributed by atoms with Crippen LogP contribution in [0.4, 0.5) is 0 Å². The van der Waals surface area contributed by atoms with Gasteiger partial charge in [-0.2, -0.15) is 0 Å². The topological polar surface area (TPSA) is 37.4 Å². The third-order valence-electron chi connectivity index (χ3n) is 2.73. The van der Waals surface area contributed by atoms with E-state index in [0.29, 0.717) is 5.78 Å². The summed E-state index contributed by atoms with van der Waals surface area (Å²) in [7, 11) is 0. The van der Waals surface area contributed by atoms with Crippen molar-refractivity contribution in [1.82, 2.24) is 4.90 Å². The summed E-state index contributed by atoms with van der Waals surface area (Å²) in [5.74, 6) is 0.633. The van der Waals surface area contributed by atoms with Crippen LogP contribution in [-0.4, -0.2) is 29.2 Å². The highest BCUT2D eigenvalue weighted by Gasteiger charge is 2.42. The summed E-state index contributed by atoms with van der Waals surface area (Å²) in [4.78, 5) is 24.1. The van der Waals surface area contributed by atoms with Crippen molar-refractivity contribution in [3.8, 4) is 0 Å². The van der Waals surface area contributed by atoms with Gasteiger partial charge in [-0.05, 0) is 19.3 Å². The monoisotopic (exact) mass is 167 g/mol. The summed E-state index contributed by atoms with van der Waals surface area (Å²) in [6.45, 7) is 2.31. The average molecular weight is 167 g/mol. The van der Waals surface area contributed by atoms with Gasteiger partial charge in [-0.25, -0.2) is 0 Å². The Kier molecular flexibility index (Phi) is 1.67. The van der Waals surface area contributed by atoms with Gasteiger partial charge in [-0.15, -0.1) is 0 Å². The Bertz CT molecular complexity index is 233. The number of carbonyl (C=O) groups is 2. The van der Waals surface area contributed by atoms with Crippen LogP contribution in [0.5, 0.6) is 0 Å². The molecule has 1 atom stereocenters. The van der Waals surface area contributed by atoms with Gasteiger partial charge in [0.1, 0.15) is 0 Å². The molecule has 1 amide bonds. The van der Waals surface area contributed by atoms with Crippen LogP contribution in [0.1, 0.15) is 26.2 Å². The second-order valence-electron chi connectivity index (χ2n) is 3.69. The molecular formula is C9H13NO2. The van der Waals surface area contributed by atoms with Gasteiger partial charge in [-0.3, -0.25) is 9.59 Å². The number of rotatable bonds is 2. The lowest BCUT2D eigenvalue weighted by Crippen LogP contribution is -2.54.